The molecular weight excluding hydrogens is 274 g/mol. The summed E-state index contributed by atoms with van der Waals surface area (Å²) < 4.78 is 0. The van der Waals surface area contributed by atoms with Gasteiger partial charge in [0, 0.05) is 10.9 Å². The first-order chi connectivity index (χ1) is 9.56. The Labute approximate surface area is 123 Å². The van der Waals surface area contributed by atoms with E-state index in [1.165, 1.54) is 6.21 Å². The van der Waals surface area contributed by atoms with Crippen molar-refractivity contribution in [3.63, 3.8) is 0 Å². The van der Waals surface area contributed by atoms with Crippen LogP contribution in [0.3, 0.4) is 0 Å². The number of hydrogen-bond donors (Lipinski definition) is 2. The lowest BCUT2D eigenvalue weighted by Gasteiger charge is -2.09. The van der Waals surface area contributed by atoms with Gasteiger partial charge in [-0.15, -0.1) is 11.8 Å². The molecule has 6 heteroatoms. The van der Waals surface area contributed by atoms with Crippen molar-refractivity contribution in [3.8, 4) is 0 Å². The van der Waals surface area contributed by atoms with Gasteiger partial charge in [-0.1, -0.05) is 19.1 Å². The van der Waals surface area contributed by atoms with E-state index in [1.807, 2.05) is 44.4 Å². The molecule has 0 heterocycles. The second-order valence-corrected chi connectivity index (χ2v) is 5.13. The Bertz CT molecular complexity index is 486. The SMILES string of the molecule is CC[C@@H](C)NC(=O)C(=O)N/N=C\c1ccc(SC)cc1. The van der Waals surface area contributed by atoms with Crippen molar-refractivity contribution in [1.29, 1.82) is 0 Å². The van der Waals surface area contributed by atoms with Crippen LogP contribution in [-0.2, 0) is 9.59 Å². The molecule has 0 aromatic heterocycles. The Kier molecular flexibility index (Phi) is 6.79. The van der Waals surface area contributed by atoms with E-state index < -0.39 is 11.8 Å². The highest BCUT2D eigenvalue weighted by Crippen LogP contribution is 2.13. The first-order valence-corrected chi connectivity index (χ1v) is 7.57. The Morgan fingerprint density at radius 3 is 2.50 bits per heavy atom. The maximum atomic E-state index is 11.4. The molecule has 20 heavy (non-hydrogen) atoms. The molecule has 0 aliphatic carbocycles. The third-order valence-electron chi connectivity index (χ3n) is 2.69. The number of benzene rings is 1. The van der Waals surface area contributed by atoms with E-state index in [9.17, 15) is 9.59 Å². The van der Waals surface area contributed by atoms with Gasteiger partial charge >= 0.3 is 11.8 Å². The fraction of sp³-hybridized carbons (Fsp3) is 0.357. The number of carbonyl (C=O) groups is 2. The van der Waals surface area contributed by atoms with Crippen LogP contribution in [0.5, 0.6) is 0 Å². The van der Waals surface area contributed by atoms with Crippen LogP contribution in [-0.4, -0.2) is 30.3 Å². The van der Waals surface area contributed by atoms with Crippen molar-refractivity contribution >= 4 is 29.8 Å². The Balaban J connectivity index is 2.46. The van der Waals surface area contributed by atoms with E-state index in [4.69, 9.17) is 0 Å². The number of nitrogens with one attached hydrogen (secondary N) is 2. The summed E-state index contributed by atoms with van der Waals surface area (Å²) in [6.07, 6.45) is 4.27. The minimum Gasteiger partial charge on any atom is -0.345 e. The molecule has 1 rings (SSSR count). The largest absolute Gasteiger partial charge is 0.345 e. The predicted molar refractivity (Wildman–Crippen MR) is 81.9 cm³/mol. The van der Waals surface area contributed by atoms with E-state index in [0.29, 0.717) is 0 Å². The van der Waals surface area contributed by atoms with Crippen molar-refractivity contribution in [2.24, 2.45) is 5.10 Å². The average Bonchev–Trinajstić information content (AvgIpc) is 2.47. The summed E-state index contributed by atoms with van der Waals surface area (Å²) in [4.78, 5) is 24.0. The first kappa shape index (κ1) is 16.2. The van der Waals surface area contributed by atoms with Crippen LogP contribution >= 0.6 is 11.8 Å². The lowest BCUT2D eigenvalue weighted by molar-refractivity contribution is -0.139. The number of amides is 2. The number of rotatable bonds is 5. The molecule has 0 spiro atoms. The highest BCUT2D eigenvalue weighted by Gasteiger charge is 2.14. The number of hydrazone groups is 1. The molecule has 0 bridgehead atoms. The molecule has 0 saturated carbocycles. The fourth-order valence-electron chi connectivity index (χ4n) is 1.30. The summed E-state index contributed by atoms with van der Waals surface area (Å²) in [6, 6.07) is 7.67. The number of carbonyl (C=O) groups excluding carboxylic acids is 2. The normalized spacial score (nSPS) is 12.2. The summed E-state index contributed by atoms with van der Waals surface area (Å²) in [5, 5.41) is 6.32. The second kappa shape index (κ2) is 8.37. The smallest absolute Gasteiger partial charge is 0.329 e. The molecule has 0 radical (unpaired) electrons. The maximum absolute atomic E-state index is 11.4. The van der Waals surface area contributed by atoms with E-state index >= 15 is 0 Å². The van der Waals surface area contributed by atoms with Gasteiger partial charge in [-0.2, -0.15) is 5.10 Å². The highest BCUT2D eigenvalue weighted by atomic mass is 32.2. The molecule has 1 aromatic carbocycles. The number of nitrogens with zero attached hydrogens (tertiary/aromatic N) is 1. The van der Waals surface area contributed by atoms with E-state index in [2.05, 4.69) is 15.8 Å². The number of thioether (sulfide) groups is 1. The third-order valence-corrected chi connectivity index (χ3v) is 3.44. The average molecular weight is 293 g/mol. The van der Waals surface area contributed by atoms with Crippen molar-refractivity contribution in [2.45, 2.75) is 31.2 Å². The van der Waals surface area contributed by atoms with Crippen LogP contribution in [0.15, 0.2) is 34.3 Å². The van der Waals surface area contributed by atoms with Crippen LogP contribution in [0.25, 0.3) is 0 Å². The molecule has 2 N–H and O–H groups in total. The van der Waals surface area contributed by atoms with E-state index in [0.717, 1.165) is 16.9 Å². The topological polar surface area (TPSA) is 70.6 Å². The van der Waals surface area contributed by atoms with Crippen molar-refractivity contribution in [1.82, 2.24) is 10.7 Å². The van der Waals surface area contributed by atoms with E-state index in [-0.39, 0.29) is 6.04 Å². The summed E-state index contributed by atoms with van der Waals surface area (Å²) in [7, 11) is 0. The molecule has 0 aliphatic rings. The molecule has 0 aliphatic heterocycles. The Hall–Kier alpha value is -1.82. The van der Waals surface area contributed by atoms with Crippen molar-refractivity contribution in [2.75, 3.05) is 6.26 Å². The lowest BCUT2D eigenvalue weighted by Crippen LogP contribution is -2.41. The van der Waals surface area contributed by atoms with E-state index in [1.54, 1.807) is 11.8 Å². The van der Waals surface area contributed by atoms with Gasteiger partial charge < -0.3 is 5.32 Å². The minimum atomic E-state index is -0.762. The van der Waals surface area contributed by atoms with Crippen LogP contribution in [0.2, 0.25) is 0 Å². The summed E-state index contributed by atoms with van der Waals surface area (Å²) in [5.74, 6) is -1.43. The highest BCUT2D eigenvalue weighted by molar-refractivity contribution is 7.98. The molecule has 0 fully saturated rings. The zero-order valence-electron chi connectivity index (χ0n) is 11.8. The van der Waals surface area contributed by atoms with Crippen molar-refractivity contribution in [3.05, 3.63) is 29.8 Å². The Morgan fingerprint density at radius 1 is 1.30 bits per heavy atom. The fourth-order valence-corrected chi connectivity index (χ4v) is 1.71. The molecular formula is C14H19N3O2S. The zero-order valence-corrected chi connectivity index (χ0v) is 12.7. The molecule has 1 aromatic rings. The zero-order chi connectivity index (χ0) is 15.0. The standard InChI is InChI=1S/C14H19N3O2S/c1-4-10(2)16-13(18)14(19)17-15-9-11-5-7-12(20-3)8-6-11/h5-10H,4H2,1-3H3,(H,16,18)(H,17,19)/b15-9-/t10-/m1/s1. The lowest BCUT2D eigenvalue weighted by atomic mass is 10.2. The Morgan fingerprint density at radius 2 is 1.95 bits per heavy atom. The molecule has 108 valence electrons. The first-order valence-electron chi connectivity index (χ1n) is 6.34. The second-order valence-electron chi connectivity index (χ2n) is 4.26. The maximum Gasteiger partial charge on any atom is 0.329 e. The molecule has 2 amide bonds. The summed E-state index contributed by atoms with van der Waals surface area (Å²) in [6.45, 7) is 3.76. The molecule has 0 saturated heterocycles. The summed E-state index contributed by atoms with van der Waals surface area (Å²) in [5.41, 5.74) is 3.05. The van der Waals surface area contributed by atoms with Gasteiger partial charge in [-0.3, -0.25) is 9.59 Å². The van der Waals surface area contributed by atoms with Gasteiger partial charge in [0.2, 0.25) is 0 Å². The third kappa shape index (κ3) is 5.44. The van der Waals surface area contributed by atoms with Gasteiger partial charge in [-0.25, -0.2) is 5.43 Å². The van der Waals surface area contributed by atoms with Crippen LogP contribution < -0.4 is 10.7 Å². The molecule has 0 unspecified atom stereocenters. The minimum absolute atomic E-state index is 0.0312. The quantitative estimate of drug-likeness (QED) is 0.376. The molecule has 5 nitrogen and oxygen atoms in total. The van der Waals surface area contributed by atoms with Crippen LogP contribution in [0.4, 0.5) is 0 Å². The van der Waals surface area contributed by atoms with Crippen LogP contribution in [0.1, 0.15) is 25.8 Å². The van der Waals surface area contributed by atoms with Gasteiger partial charge in [0.25, 0.3) is 0 Å². The summed E-state index contributed by atoms with van der Waals surface area (Å²) >= 11 is 1.65. The number of hydrogen-bond acceptors (Lipinski definition) is 4. The van der Waals surface area contributed by atoms with Gasteiger partial charge in [-0.05, 0) is 37.3 Å². The van der Waals surface area contributed by atoms with Gasteiger partial charge in [0.15, 0.2) is 0 Å². The van der Waals surface area contributed by atoms with Gasteiger partial charge in [0.1, 0.15) is 0 Å². The van der Waals surface area contributed by atoms with Crippen molar-refractivity contribution < 1.29 is 9.59 Å². The monoisotopic (exact) mass is 293 g/mol. The molecule has 1 atom stereocenters. The van der Waals surface area contributed by atoms with Crippen LogP contribution in [0, 0.1) is 0 Å². The predicted octanol–water partition coefficient (Wildman–Crippen LogP) is 1.77. The van der Waals surface area contributed by atoms with Gasteiger partial charge in [0.05, 0.1) is 6.21 Å².